The fourth-order valence-electron chi connectivity index (χ4n) is 9.79. The number of hydrogen-bond donors (Lipinski definition) is 7. The zero-order valence-electron chi connectivity index (χ0n) is 37.2. The number of amides is 5. The number of aliphatic carboxylic acids is 2. The molecule has 2 heterocycles. The van der Waals surface area contributed by atoms with E-state index in [1.807, 2.05) is 18.2 Å². The molecule has 18 heteroatoms. The number of rotatable bonds is 21. The van der Waals surface area contributed by atoms with Crippen LogP contribution in [0.1, 0.15) is 112 Å². The van der Waals surface area contributed by atoms with Gasteiger partial charge in [0.25, 0.3) is 0 Å². The fraction of sp³-hybridized carbons (Fsp3) is 0.705. The lowest BCUT2D eigenvalue weighted by Crippen LogP contribution is -2.66. The van der Waals surface area contributed by atoms with E-state index in [2.05, 4.69) is 54.2 Å². The summed E-state index contributed by atoms with van der Waals surface area (Å²) in [6.07, 6.45) is 3.40. The Morgan fingerprint density at radius 3 is 2.13 bits per heavy atom. The van der Waals surface area contributed by atoms with Crippen LogP contribution in [0.15, 0.2) is 30.3 Å². The molecule has 17 nitrogen and oxygen atoms in total. The highest BCUT2D eigenvalue weighted by Crippen LogP contribution is 2.69. The van der Waals surface area contributed by atoms with Crippen LogP contribution in [0.5, 0.6) is 0 Å². The average molecular weight is 867 g/mol. The van der Waals surface area contributed by atoms with Gasteiger partial charge in [-0.2, -0.15) is 0 Å². The second-order valence-corrected chi connectivity index (χ2v) is 19.2. The number of carbonyl (C=O) groups is 7. The highest BCUT2D eigenvalue weighted by Gasteiger charge is 2.69. The van der Waals surface area contributed by atoms with Gasteiger partial charge in [0.1, 0.15) is 24.2 Å². The van der Waals surface area contributed by atoms with Crippen LogP contribution < -0.4 is 27.0 Å². The zero-order valence-corrected chi connectivity index (χ0v) is 37.2. The molecule has 6 rings (SSSR count). The Kier molecular flexibility index (Phi) is 15.9. The number of nitrogens with one attached hydrogen (secondary N) is 4. The van der Waals surface area contributed by atoms with Gasteiger partial charge in [0.2, 0.25) is 29.5 Å². The van der Waals surface area contributed by atoms with E-state index in [0.717, 1.165) is 25.7 Å². The highest BCUT2D eigenvalue weighted by molar-refractivity contribution is 6.47. The molecule has 0 aromatic heterocycles. The van der Waals surface area contributed by atoms with Gasteiger partial charge in [-0.3, -0.25) is 33.6 Å². The molecule has 2 bridgehead atoms. The van der Waals surface area contributed by atoms with Crippen LogP contribution in [-0.2, 0) is 49.3 Å². The Labute approximate surface area is 364 Å². The largest absolute Gasteiger partial charge is 0.481 e. The number of likely N-dealkylation sites (tertiary alicyclic amines) is 1. The molecule has 5 amide bonds. The number of carbonyl (C=O) groups excluding carboxylic acids is 5. The van der Waals surface area contributed by atoms with Crippen LogP contribution >= 0.6 is 0 Å². The normalized spacial score (nSPS) is 26.0. The summed E-state index contributed by atoms with van der Waals surface area (Å²) in [4.78, 5) is 92.7. The van der Waals surface area contributed by atoms with Gasteiger partial charge in [0.05, 0.1) is 30.6 Å². The first-order chi connectivity index (χ1) is 29.1. The molecule has 1 aromatic rings. The van der Waals surface area contributed by atoms with Crippen molar-refractivity contribution in [3.63, 3.8) is 0 Å². The van der Waals surface area contributed by atoms with E-state index in [1.165, 1.54) is 10.5 Å². The molecule has 3 aliphatic carbocycles. The lowest BCUT2D eigenvalue weighted by Gasteiger charge is -2.67. The number of benzene rings is 1. The summed E-state index contributed by atoms with van der Waals surface area (Å²) in [6.45, 7) is 14.0. The molecule has 0 spiro atoms. The monoisotopic (exact) mass is 866 g/mol. The Balaban J connectivity index is 1.27. The molecule has 5 aliphatic rings. The fourth-order valence-corrected chi connectivity index (χ4v) is 9.79. The van der Waals surface area contributed by atoms with Crippen LogP contribution in [0.4, 0.5) is 0 Å². The van der Waals surface area contributed by atoms with Crippen molar-refractivity contribution >= 4 is 48.6 Å². The Bertz CT molecular complexity index is 1820. The van der Waals surface area contributed by atoms with Crippen LogP contribution in [0.25, 0.3) is 0 Å². The van der Waals surface area contributed by atoms with Crippen LogP contribution in [0, 0.1) is 28.6 Å². The topological polar surface area (TPSA) is 256 Å². The van der Waals surface area contributed by atoms with Crippen molar-refractivity contribution < 1.29 is 53.1 Å². The Morgan fingerprint density at radius 2 is 1.52 bits per heavy atom. The predicted molar refractivity (Wildman–Crippen MR) is 229 cm³/mol. The van der Waals surface area contributed by atoms with Crippen molar-refractivity contribution in [3.8, 4) is 0 Å². The summed E-state index contributed by atoms with van der Waals surface area (Å²) < 4.78 is 13.4. The van der Waals surface area contributed by atoms with Crippen molar-refractivity contribution in [2.24, 2.45) is 34.3 Å². The third-order valence-electron chi connectivity index (χ3n) is 14.0. The maximum Gasteiger partial charge on any atom is 0.481 e. The minimum absolute atomic E-state index is 0.0360. The summed E-state index contributed by atoms with van der Waals surface area (Å²) in [7, 11) is -0.647. The Hall–Kier alpha value is -4.55. The van der Waals surface area contributed by atoms with E-state index < -0.39 is 104 Å². The Morgan fingerprint density at radius 1 is 0.855 bits per heavy atom. The van der Waals surface area contributed by atoms with Crippen molar-refractivity contribution in [2.75, 3.05) is 6.54 Å². The molecule has 342 valence electrons. The van der Waals surface area contributed by atoms with Crippen molar-refractivity contribution in [1.29, 1.82) is 0 Å². The molecule has 1 aromatic carbocycles. The summed E-state index contributed by atoms with van der Waals surface area (Å²) in [5.41, 5.74) is 6.94. The van der Waals surface area contributed by atoms with Gasteiger partial charge in [-0.25, -0.2) is 0 Å². The molecule has 10 atom stereocenters. The number of carboxylic acid groups (broad SMARTS) is 2. The van der Waals surface area contributed by atoms with E-state index in [0.29, 0.717) is 31.7 Å². The SMILES string of the molecule is CC(C)[C@H](NC(=O)[C@H](CCC(=O)O)NC(=O)[C@@H](N)CC(=O)O)C(=O)N[C@H](C(=O)N1CCC[C@H]1C(=O)N[C@@H](CCCc1ccccc1)B1O[C@@H]2[C@@H](C[C@@H]3C[C@@]2(C)C3(C)C)O1)C(C)C. The first kappa shape index (κ1) is 48.5. The van der Waals surface area contributed by atoms with Gasteiger partial charge in [0, 0.05) is 18.4 Å². The van der Waals surface area contributed by atoms with Gasteiger partial charge in [-0.1, -0.05) is 78.8 Å². The zero-order chi connectivity index (χ0) is 45.7. The number of nitrogens with zero attached hydrogens (tertiary/aromatic N) is 1. The molecular weight excluding hydrogens is 799 g/mol. The quantitative estimate of drug-likeness (QED) is 0.0879. The first-order valence-corrected chi connectivity index (χ1v) is 22.2. The highest BCUT2D eigenvalue weighted by atomic mass is 16.7. The lowest BCUT2D eigenvalue weighted by atomic mass is 9.39. The van der Waals surface area contributed by atoms with E-state index in [4.69, 9.17) is 20.1 Å². The van der Waals surface area contributed by atoms with E-state index in [9.17, 15) is 38.7 Å². The molecule has 3 saturated carbocycles. The van der Waals surface area contributed by atoms with E-state index in [-0.39, 0.29) is 35.4 Å². The first-order valence-electron chi connectivity index (χ1n) is 22.2. The van der Waals surface area contributed by atoms with Gasteiger partial charge in [0.15, 0.2) is 0 Å². The molecule has 0 unspecified atom stereocenters. The molecule has 62 heavy (non-hydrogen) atoms. The second-order valence-electron chi connectivity index (χ2n) is 19.2. The summed E-state index contributed by atoms with van der Waals surface area (Å²) in [6, 6.07) is 4.06. The third kappa shape index (κ3) is 11.0. The molecule has 0 radical (unpaired) electrons. The standard InChI is InChI=1S/C44H67BN6O11/c1-24(2)35(49-39(57)29(18-19-33(52)53)47-38(56)28(46)22-34(54)55)41(59)50-36(25(3)4)42(60)51-20-12-16-30(51)40(58)48-32(17-11-15-26-13-9-8-10-14-26)45-61-31-21-27-23-44(7,37(31)62-45)43(27,5)6/h8-10,13-14,24-25,27-32,35-37H,11-12,15-23,46H2,1-7H3,(H,47,56)(H,48,58)(H,49,57)(H,50,59)(H,52,53)(H,54,55)/t27-,28+,29+,30+,31-,32+,35+,36+,37-,44-/m1/s1. The van der Waals surface area contributed by atoms with Crippen LogP contribution in [0.3, 0.4) is 0 Å². The van der Waals surface area contributed by atoms with Crippen molar-refractivity contribution in [1.82, 2.24) is 26.2 Å². The van der Waals surface area contributed by atoms with E-state index in [1.54, 1.807) is 27.7 Å². The second kappa shape index (κ2) is 20.3. The summed E-state index contributed by atoms with van der Waals surface area (Å²) in [5, 5.41) is 29.2. The minimum Gasteiger partial charge on any atom is -0.481 e. The van der Waals surface area contributed by atoms with Gasteiger partial charge >= 0.3 is 19.1 Å². The number of hydrogen-bond acceptors (Lipinski definition) is 10. The van der Waals surface area contributed by atoms with E-state index >= 15 is 0 Å². The van der Waals surface area contributed by atoms with Crippen molar-refractivity contribution in [3.05, 3.63) is 35.9 Å². The molecule has 2 aliphatic heterocycles. The number of carboxylic acids is 2. The molecule has 2 saturated heterocycles. The van der Waals surface area contributed by atoms with Gasteiger partial charge in [-0.15, -0.1) is 0 Å². The predicted octanol–water partition coefficient (Wildman–Crippen LogP) is 2.19. The molecular formula is C44H67BN6O11. The van der Waals surface area contributed by atoms with Gasteiger partial charge in [-0.05, 0) is 80.1 Å². The van der Waals surface area contributed by atoms with Gasteiger partial charge < -0.3 is 51.4 Å². The summed E-state index contributed by atoms with van der Waals surface area (Å²) in [5.74, 6) is -6.80. The smallest absolute Gasteiger partial charge is 0.481 e. The third-order valence-corrected chi connectivity index (χ3v) is 14.0. The average Bonchev–Trinajstić information content (AvgIpc) is 3.88. The van der Waals surface area contributed by atoms with Crippen molar-refractivity contribution in [2.45, 2.75) is 161 Å². The maximum absolute atomic E-state index is 14.4. The molecule has 8 N–H and O–H groups in total. The number of nitrogens with two attached hydrogens (primary N) is 1. The maximum atomic E-state index is 14.4. The molecule has 5 fully saturated rings. The lowest BCUT2D eigenvalue weighted by molar-refractivity contribution is -0.220. The van der Waals surface area contributed by atoms with Crippen LogP contribution in [-0.4, -0.2) is 119 Å². The van der Waals surface area contributed by atoms with Crippen LogP contribution in [0.2, 0.25) is 0 Å². The summed E-state index contributed by atoms with van der Waals surface area (Å²) >= 11 is 0. The minimum atomic E-state index is -1.51. The number of aryl methyl sites for hydroxylation is 1.